The van der Waals surface area contributed by atoms with Crippen molar-refractivity contribution in [3.05, 3.63) is 0 Å². The largest absolute Gasteiger partial charge is 0.463 e. The van der Waals surface area contributed by atoms with Crippen LogP contribution in [0.5, 0.6) is 0 Å². The van der Waals surface area contributed by atoms with Gasteiger partial charge in [0.05, 0.1) is 12.7 Å². The van der Waals surface area contributed by atoms with E-state index in [1.54, 1.807) is 20.8 Å². The van der Waals surface area contributed by atoms with E-state index in [0.29, 0.717) is 0 Å². The first-order valence-electron chi connectivity index (χ1n) is 4.65. The maximum absolute atomic E-state index is 11.9. The molecule has 0 radical (unpaired) electrons. The Morgan fingerprint density at radius 2 is 1.53 bits per heavy atom. The number of hydrogen-bond donors (Lipinski definition) is 0. The van der Waals surface area contributed by atoms with E-state index in [0.717, 1.165) is 0 Å². The van der Waals surface area contributed by atoms with Crippen LogP contribution >= 0.6 is 31.9 Å². The van der Waals surface area contributed by atoms with E-state index in [-0.39, 0.29) is 12.7 Å². The number of carbonyl (C=O) groups excluding carboxylic acids is 2. The molecule has 0 aliphatic carbocycles. The Hall–Kier alpha value is -0.240. The maximum atomic E-state index is 11.9. The number of ether oxygens (including phenoxy) is 2. The molecule has 0 aromatic heterocycles. The molecule has 0 aromatic carbocycles. The predicted octanol–water partition coefficient (Wildman–Crippen LogP) is 2.87. The molecule has 2 unspecified atom stereocenters. The Morgan fingerprint density at radius 1 is 1.12 bits per heavy atom. The van der Waals surface area contributed by atoms with Crippen LogP contribution < -0.4 is 0 Å². The van der Waals surface area contributed by atoms with E-state index >= 15 is 0 Å². The summed E-state index contributed by atoms with van der Waals surface area (Å²) in [6, 6.07) is 0. The fraction of sp³-hybridized carbons (Fsp3) is 0.778. The van der Waals surface area contributed by atoms with Crippen LogP contribution in [0.2, 0.25) is 0 Å². The molecule has 0 saturated carbocycles. The van der Waals surface area contributed by atoms with Gasteiger partial charge in [-0.3, -0.25) is 0 Å². The second-order valence-electron chi connectivity index (χ2n) is 2.84. The molecule has 4 nitrogen and oxygen atoms in total. The quantitative estimate of drug-likeness (QED) is 0.553. The van der Waals surface area contributed by atoms with Gasteiger partial charge in [-0.25, -0.2) is 18.4 Å². The summed E-state index contributed by atoms with van der Waals surface area (Å²) in [5.41, 5.74) is 0. The van der Waals surface area contributed by atoms with E-state index in [2.05, 4.69) is 41.3 Å². The minimum Gasteiger partial charge on any atom is -0.463 e. The van der Waals surface area contributed by atoms with Gasteiger partial charge in [-0.2, -0.15) is 0 Å². The minimum atomic E-state index is -1.69. The SMILES string of the molecule is CC(C)OC(=O)C(F)Br.CCOC(=O)C(F)Br. The summed E-state index contributed by atoms with van der Waals surface area (Å²) in [5, 5.41) is -3.37. The average molecular weight is 384 g/mol. The fourth-order valence-electron chi connectivity index (χ4n) is 0.489. The van der Waals surface area contributed by atoms with Crippen molar-refractivity contribution < 1.29 is 27.8 Å². The normalized spacial score (nSPS) is 13.2. The summed E-state index contributed by atoms with van der Waals surface area (Å²) in [5.74, 6) is -1.74. The molecule has 0 bridgehead atoms. The number of rotatable bonds is 4. The zero-order valence-electron chi connectivity index (χ0n) is 9.58. The second-order valence-corrected chi connectivity index (χ2v) is 4.45. The molecule has 0 N–H and O–H groups in total. The van der Waals surface area contributed by atoms with Crippen LogP contribution in [0.4, 0.5) is 8.78 Å². The highest BCUT2D eigenvalue weighted by Crippen LogP contribution is 2.04. The van der Waals surface area contributed by atoms with E-state index in [4.69, 9.17) is 0 Å². The number of hydrogen-bond acceptors (Lipinski definition) is 4. The van der Waals surface area contributed by atoms with Crippen LogP contribution in [0.1, 0.15) is 20.8 Å². The van der Waals surface area contributed by atoms with Crippen molar-refractivity contribution in [2.24, 2.45) is 0 Å². The van der Waals surface area contributed by atoms with Crippen LogP contribution in [0.15, 0.2) is 0 Å². The third kappa shape index (κ3) is 13.7. The number of esters is 2. The Labute approximate surface area is 115 Å². The molecule has 0 spiro atoms. The molecule has 0 heterocycles. The molecular formula is C9H14Br2F2O4. The summed E-state index contributed by atoms with van der Waals surface area (Å²) >= 11 is 4.83. The van der Waals surface area contributed by atoms with Crippen molar-refractivity contribution in [3.63, 3.8) is 0 Å². The van der Waals surface area contributed by atoms with Gasteiger partial charge in [0, 0.05) is 0 Å². The van der Waals surface area contributed by atoms with Crippen molar-refractivity contribution in [2.75, 3.05) is 6.61 Å². The first kappa shape index (κ1) is 19.1. The van der Waals surface area contributed by atoms with Gasteiger partial charge in [0.15, 0.2) is 0 Å². The summed E-state index contributed by atoms with van der Waals surface area (Å²) < 4.78 is 32.3. The zero-order valence-corrected chi connectivity index (χ0v) is 12.8. The van der Waals surface area contributed by atoms with Crippen LogP contribution in [0.3, 0.4) is 0 Å². The summed E-state index contributed by atoms with van der Waals surface area (Å²) in [6.07, 6.45) is -0.256. The lowest BCUT2D eigenvalue weighted by Gasteiger charge is -2.06. The van der Waals surface area contributed by atoms with Crippen LogP contribution in [-0.4, -0.2) is 34.8 Å². The Bertz CT molecular complexity index is 235. The predicted molar refractivity (Wildman–Crippen MR) is 65.5 cm³/mol. The van der Waals surface area contributed by atoms with Gasteiger partial charge in [0.2, 0.25) is 0 Å². The van der Waals surface area contributed by atoms with Crippen molar-refractivity contribution in [1.29, 1.82) is 0 Å². The van der Waals surface area contributed by atoms with Gasteiger partial charge in [-0.15, -0.1) is 0 Å². The highest BCUT2D eigenvalue weighted by Gasteiger charge is 2.15. The van der Waals surface area contributed by atoms with Crippen molar-refractivity contribution in [2.45, 2.75) is 37.0 Å². The third-order valence-electron chi connectivity index (χ3n) is 0.995. The lowest BCUT2D eigenvalue weighted by molar-refractivity contribution is -0.149. The van der Waals surface area contributed by atoms with Gasteiger partial charge in [0.25, 0.3) is 10.2 Å². The van der Waals surface area contributed by atoms with Gasteiger partial charge >= 0.3 is 11.9 Å². The first-order chi connectivity index (χ1) is 7.72. The maximum Gasteiger partial charge on any atom is 0.352 e. The number of carbonyl (C=O) groups is 2. The Morgan fingerprint density at radius 3 is 1.65 bits per heavy atom. The molecule has 2 atom stereocenters. The van der Waals surface area contributed by atoms with Crippen molar-refractivity contribution in [3.8, 4) is 0 Å². The molecule has 0 saturated heterocycles. The molecule has 8 heteroatoms. The highest BCUT2D eigenvalue weighted by molar-refractivity contribution is 9.10. The fourth-order valence-corrected chi connectivity index (χ4v) is 0.729. The standard InChI is InChI=1S/C5H8BrFO2.C4H6BrFO2/c1-3(2)9-5(8)4(6)7;1-2-8-4(7)3(5)6/h3-4H,1-2H3;3H,2H2,1H3. The Kier molecular flexibility index (Phi) is 12.2. The average Bonchev–Trinajstić information content (AvgIpc) is 2.17. The molecule has 0 amide bonds. The van der Waals surface area contributed by atoms with Gasteiger partial charge in [0.1, 0.15) is 0 Å². The molecule has 0 rings (SSSR count). The van der Waals surface area contributed by atoms with E-state index in [9.17, 15) is 18.4 Å². The Balaban J connectivity index is 0. The van der Waals surface area contributed by atoms with E-state index in [1.807, 2.05) is 0 Å². The molecule has 0 aliphatic heterocycles. The smallest absolute Gasteiger partial charge is 0.352 e. The molecular weight excluding hydrogens is 370 g/mol. The molecule has 17 heavy (non-hydrogen) atoms. The van der Waals surface area contributed by atoms with Crippen LogP contribution in [-0.2, 0) is 19.1 Å². The topological polar surface area (TPSA) is 52.6 Å². The van der Waals surface area contributed by atoms with Crippen LogP contribution in [0, 0.1) is 0 Å². The highest BCUT2D eigenvalue weighted by atomic mass is 79.9. The molecule has 0 fully saturated rings. The molecule has 0 aromatic rings. The van der Waals surface area contributed by atoms with Crippen molar-refractivity contribution in [1.82, 2.24) is 0 Å². The molecule has 102 valence electrons. The summed E-state index contributed by atoms with van der Waals surface area (Å²) in [4.78, 5) is 20.4. The monoisotopic (exact) mass is 382 g/mol. The second kappa shape index (κ2) is 10.9. The van der Waals surface area contributed by atoms with Crippen molar-refractivity contribution >= 4 is 43.8 Å². The van der Waals surface area contributed by atoms with Gasteiger partial charge < -0.3 is 9.47 Å². The van der Waals surface area contributed by atoms with Gasteiger partial charge in [-0.1, -0.05) is 0 Å². The van der Waals surface area contributed by atoms with Gasteiger partial charge in [-0.05, 0) is 52.6 Å². The third-order valence-corrected chi connectivity index (χ3v) is 1.74. The molecule has 0 aliphatic rings. The van der Waals surface area contributed by atoms with E-state index < -0.39 is 22.1 Å². The summed E-state index contributed by atoms with van der Waals surface area (Å²) in [6.45, 7) is 5.15. The summed E-state index contributed by atoms with van der Waals surface area (Å²) in [7, 11) is 0. The number of halogens is 4. The zero-order chi connectivity index (χ0) is 14.0. The lowest BCUT2D eigenvalue weighted by Crippen LogP contribution is -2.17. The first-order valence-corrected chi connectivity index (χ1v) is 6.48. The minimum absolute atomic E-state index is 0.213. The van der Waals surface area contributed by atoms with E-state index in [1.165, 1.54) is 0 Å². The lowest BCUT2D eigenvalue weighted by atomic mass is 10.5. The van der Waals surface area contributed by atoms with Crippen LogP contribution in [0.25, 0.3) is 0 Å². The number of alkyl halides is 4.